The minimum absolute atomic E-state index is 0.0429. The Kier molecular flexibility index (Phi) is 10.3. The van der Waals surface area contributed by atoms with E-state index in [1.165, 1.54) is 24.3 Å². The standard InChI is InChI=1S/C32H37ClF2N4O5Si/c1-32(2,3)44-31(42)38-26(13-19-11-21(34)15-22(35)12-19)29-23(20-7-8-25(33)24(14-20)30(40)41)16-28-27(37-29)17-36-39(28)18-43-9-10-45(4,5)6/h7-8,11-12,14-17,26H,9-10,13,18H2,1-6H3,(H,38,42)(H,40,41)/t26-/m0/s1. The van der Waals surface area contributed by atoms with E-state index < -0.39 is 43.4 Å². The van der Waals surface area contributed by atoms with E-state index in [1.54, 1.807) is 43.8 Å². The summed E-state index contributed by atoms with van der Waals surface area (Å²) in [5, 5.41) is 17.1. The maximum atomic E-state index is 14.2. The molecule has 2 aromatic heterocycles. The molecule has 0 aliphatic heterocycles. The van der Waals surface area contributed by atoms with E-state index in [2.05, 4.69) is 30.1 Å². The molecule has 2 aromatic carbocycles. The third-order valence-electron chi connectivity index (χ3n) is 6.76. The molecule has 0 saturated carbocycles. The summed E-state index contributed by atoms with van der Waals surface area (Å²) in [4.78, 5) is 29.9. The van der Waals surface area contributed by atoms with Gasteiger partial charge in [-0.25, -0.2) is 28.0 Å². The molecular formula is C32H37ClF2N4O5Si. The second-order valence-electron chi connectivity index (χ2n) is 13.0. The second-order valence-corrected chi connectivity index (χ2v) is 19.0. The molecule has 0 bridgehead atoms. The summed E-state index contributed by atoms with van der Waals surface area (Å²) in [6.07, 6.45) is 0.722. The van der Waals surface area contributed by atoms with E-state index in [9.17, 15) is 23.5 Å². The van der Waals surface area contributed by atoms with Crippen molar-refractivity contribution in [3.8, 4) is 11.1 Å². The van der Waals surface area contributed by atoms with Gasteiger partial charge >= 0.3 is 12.1 Å². The first-order chi connectivity index (χ1) is 21.0. The SMILES string of the molecule is CC(C)(C)OC(=O)N[C@@H](Cc1cc(F)cc(F)c1)c1nc2cnn(COCC[Si](C)(C)C)c2cc1-c1ccc(Cl)c(C(=O)O)c1. The Labute approximate surface area is 266 Å². The van der Waals surface area contributed by atoms with Crippen LogP contribution in [0, 0.1) is 11.6 Å². The monoisotopic (exact) mass is 658 g/mol. The van der Waals surface area contributed by atoms with Gasteiger partial charge in [0, 0.05) is 26.3 Å². The van der Waals surface area contributed by atoms with Gasteiger partial charge in [0.15, 0.2) is 0 Å². The summed E-state index contributed by atoms with van der Waals surface area (Å²) in [6.45, 7) is 12.6. The van der Waals surface area contributed by atoms with E-state index in [0.717, 1.165) is 12.1 Å². The number of rotatable bonds is 11. The average molecular weight is 659 g/mol. The zero-order valence-electron chi connectivity index (χ0n) is 26.1. The molecule has 4 aromatic rings. The van der Waals surface area contributed by atoms with Crippen molar-refractivity contribution >= 4 is 42.8 Å². The summed E-state index contributed by atoms with van der Waals surface area (Å²) in [5.74, 6) is -2.77. The molecule has 240 valence electrons. The number of pyridine rings is 1. The number of aromatic nitrogens is 3. The highest BCUT2D eigenvalue weighted by Gasteiger charge is 2.27. The second kappa shape index (κ2) is 13.6. The highest BCUT2D eigenvalue weighted by Crippen LogP contribution is 2.34. The Morgan fingerprint density at radius 2 is 1.78 bits per heavy atom. The largest absolute Gasteiger partial charge is 0.478 e. The molecule has 0 aliphatic carbocycles. The zero-order valence-corrected chi connectivity index (χ0v) is 27.8. The first-order valence-corrected chi connectivity index (χ1v) is 18.5. The van der Waals surface area contributed by atoms with Crippen molar-refractivity contribution < 1.29 is 33.0 Å². The van der Waals surface area contributed by atoms with Gasteiger partial charge in [-0.05, 0) is 74.7 Å². The number of carboxylic acid groups (broad SMARTS) is 1. The minimum Gasteiger partial charge on any atom is -0.478 e. The van der Waals surface area contributed by atoms with Crippen LogP contribution in [-0.4, -0.2) is 52.2 Å². The lowest BCUT2D eigenvalue weighted by molar-refractivity contribution is 0.0502. The number of halogens is 3. The predicted octanol–water partition coefficient (Wildman–Crippen LogP) is 7.85. The van der Waals surface area contributed by atoms with Gasteiger partial charge in [0.1, 0.15) is 29.5 Å². The Morgan fingerprint density at radius 3 is 2.40 bits per heavy atom. The molecule has 2 N–H and O–H groups in total. The maximum Gasteiger partial charge on any atom is 0.408 e. The lowest BCUT2D eigenvalue weighted by atomic mass is 9.94. The molecule has 45 heavy (non-hydrogen) atoms. The number of carbonyl (C=O) groups excluding carboxylic acids is 1. The number of fused-ring (bicyclic) bond motifs is 1. The first kappa shape index (κ1) is 34.0. The number of nitrogens with zero attached hydrogens (tertiary/aromatic N) is 3. The molecule has 0 spiro atoms. The van der Waals surface area contributed by atoms with E-state index in [1.807, 2.05) is 0 Å². The normalized spacial score (nSPS) is 12.7. The number of benzene rings is 2. The number of amides is 1. The summed E-state index contributed by atoms with van der Waals surface area (Å²) < 4.78 is 41.5. The van der Waals surface area contributed by atoms with Gasteiger partial charge in [-0.1, -0.05) is 37.3 Å². The molecular weight excluding hydrogens is 622 g/mol. The van der Waals surface area contributed by atoms with Crippen LogP contribution in [0.4, 0.5) is 13.6 Å². The zero-order chi connectivity index (χ0) is 33.1. The van der Waals surface area contributed by atoms with E-state index in [-0.39, 0.29) is 29.3 Å². The summed E-state index contributed by atoms with van der Waals surface area (Å²) in [5.41, 5.74) is 1.55. The molecule has 4 rings (SSSR count). The summed E-state index contributed by atoms with van der Waals surface area (Å²) in [6, 6.07) is 9.41. The van der Waals surface area contributed by atoms with Crippen LogP contribution in [0.5, 0.6) is 0 Å². The number of carboxylic acids is 1. The average Bonchev–Trinajstić information content (AvgIpc) is 3.30. The number of hydrogen-bond donors (Lipinski definition) is 2. The van der Waals surface area contributed by atoms with Gasteiger partial charge in [0.2, 0.25) is 0 Å². The molecule has 1 amide bonds. The smallest absolute Gasteiger partial charge is 0.408 e. The third kappa shape index (κ3) is 9.32. The first-order valence-electron chi connectivity index (χ1n) is 14.4. The number of aromatic carboxylic acids is 1. The van der Waals surface area contributed by atoms with Gasteiger partial charge in [-0.3, -0.25) is 0 Å². The van der Waals surface area contributed by atoms with Crippen molar-refractivity contribution in [2.24, 2.45) is 0 Å². The molecule has 0 fully saturated rings. The van der Waals surface area contributed by atoms with E-state index in [0.29, 0.717) is 34.5 Å². The molecule has 13 heteroatoms. The van der Waals surface area contributed by atoms with Crippen LogP contribution in [0.3, 0.4) is 0 Å². The van der Waals surface area contributed by atoms with Crippen molar-refractivity contribution in [3.05, 3.63) is 82.1 Å². The van der Waals surface area contributed by atoms with Gasteiger partial charge < -0.3 is 19.9 Å². The highest BCUT2D eigenvalue weighted by molar-refractivity contribution is 6.76. The maximum absolute atomic E-state index is 14.2. The van der Waals surface area contributed by atoms with Gasteiger partial charge in [0.05, 0.1) is 34.0 Å². The molecule has 0 saturated heterocycles. The van der Waals surface area contributed by atoms with Gasteiger partial charge in [-0.15, -0.1) is 0 Å². The molecule has 0 aliphatic rings. The molecule has 1 atom stereocenters. The lowest BCUT2D eigenvalue weighted by Gasteiger charge is -2.25. The van der Waals surface area contributed by atoms with Crippen LogP contribution >= 0.6 is 11.6 Å². The Hall–Kier alpha value is -3.87. The van der Waals surface area contributed by atoms with Gasteiger partial charge in [0.25, 0.3) is 0 Å². The quantitative estimate of drug-likeness (QED) is 0.125. The Bertz CT molecular complexity index is 1700. The van der Waals surface area contributed by atoms with Crippen molar-refractivity contribution in [1.82, 2.24) is 20.1 Å². The number of hydrogen-bond acceptors (Lipinski definition) is 6. The van der Waals surface area contributed by atoms with Gasteiger partial charge in [-0.2, -0.15) is 5.10 Å². The molecule has 0 unspecified atom stereocenters. The number of carbonyl (C=O) groups is 2. The van der Waals surface area contributed by atoms with Crippen molar-refractivity contribution in [2.75, 3.05) is 6.61 Å². The highest BCUT2D eigenvalue weighted by atomic mass is 35.5. The molecule has 2 heterocycles. The summed E-state index contributed by atoms with van der Waals surface area (Å²) >= 11 is 6.19. The fourth-order valence-corrected chi connectivity index (χ4v) is 5.59. The van der Waals surface area contributed by atoms with E-state index >= 15 is 0 Å². The summed E-state index contributed by atoms with van der Waals surface area (Å²) in [7, 11) is -1.31. The van der Waals surface area contributed by atoms with Crippen molar-refractivity contribution in [3.63, 3.8) is 0 Å². The lowest BCUT2D eigenvalue weighted by Crippen LogP contribution is -2.36. The fraction of sp³-hybridized carbons (Fsp3) is 0.375. The Morgan fingerprint density at radius 1 is 1.09 bits per heavy atom. The van der Waals surface area contributed by atoms with Crippen LogP contribution in [-0.2, 0) is 22.6 Å². The van der Waals surface area contributed by atoms with Crippen LogP contribution in [0.15, 0.2) is 48.7 Å². The van der Waals surface area contributed by atoms with Crippen LogP contribution < -0.4 is 5.32 Å². The number of alkyl carbamates (subject to hydrolysis) is 1. The van der Waals surface area contributed by atoms with Crippen LogP contribution in [0.25, 0.3) is 22.2 Å². The molecule has 0 radical (unpaired) electrons. The van der Waals surface area contributed by atoms with Crippen molar-refractivity contribution in [2.45, 2.75) is 71.3 Å². The van der Waals surface area contributed by atoms with Crippen molar-refractivity contribution in [1.29, 1.82) is 0 Å². The minimum atomic E-state index is -1.31. The van der Waals surface area contributed by atoms with Crippen LogP contribution in [0.2, 0.25) is 30.7 Å². The van der Waals surface area contributed by atoms with E-state index in [4.69, 9.17) is 26.1 Å². The number of nitrogens with one attached hydrogen (secondary N) is 1. The predicted molar refractivity (Wildman–Crippen MR) is 171 cm³/mol. The number of ether oxygens (including phenoxy) is 2. The third-order valence-corrected chi connectivity index (χ3v) is 8.79. The Balaban J connectivity index is 1.87. The topological polar surface area (TPSA) is 116 Å². The molecule has 9 nitrogen and oxygen atoms in total. The van der Waals surface area contributed by atoms with Crippen LogP contribution in [0.1, 0.15) is 48.4 Å². The fourth-order valence-electron chi connectivity index (χ4n) is 4.64.